The van der Waals surface area contributed by atoms with Crippen molar-refractivity contribution in [1.29, 1.82) is 0 Å². The summed E-state index contributed by atoms with van der Waals surface area (Å²) in [4.78, 5) is 9.80. The fraction of sp³-hybridized carbons (Fsp3) is 0.261. The summed E-state index contributed by atoms with van der Waals surface area (Å²) in [6.07, 6.45) is 4.48. The SMILES string of the molecule is Cc1cc(N2CCN(CC=Cc3ccccc3)CC2)nc2ccccc12. The summed E-state index contributed by atoms with van der Waals surface area (Å²) in [6, 6.07) is 21.1. The third-order valence-corrected chi connectivity index (χ3v) is 5.08. The van der Waals surface area contributed by atoms with Crippen LogP contribution in [-0.4, -0.2) is 42.6 Å². The standard InChI is InChI=1S/C23H25N3/c1-19-18-23(24-22-12-6-5-11-21(19)22)26-16-14-25(15-17-26)13-7-10-20-8-3-2-4-9-20/h2-12,18H,13-17H2,1H3. The maximum atomic E-state index is 4.88. The Labute approximate surface area is 155 Å². The number of hydrogen-bond donors (Lipinski definition) is 0. The zero-order valence-electron chi connectivity index (χ0n) is 15.3. The molecule has 3 nitrogen and oxygen atoms in total. The van der Waals surface area contributed by atoms with Crippen molar-refractivity contribution in [2.24, 2.45) is 0 Å². The average molecular weight is 343 g/mol. The van der Waals surface area contributed by atoms with Crippen molar-refractivity contribution in [2.45, 2.75) is 6.92 Å². The van der Waals surface area contributed by atoms with E-state index in [-0.39, 0.29) is 0 Å². The largest absolute Gasteiger partial charge is 0.354 e. The minimum Gasteiger partial charge on any atom is -0.354 e. The summed E-state index contributed by atoms with van der Waals surface area (Å²) in [5.41, 5.74) is 3.66. The average Bonchev–Trinajstić information content (AvgIpc) is 2.69. The first-order chi connectivity index (χ1) is 12.8. The van der Waals surface area contributed by atoms with Gasteiger partial charge < -0.3 is 4.90 Å². The van der Waals surface area contributed by atoms with Crippen molar-refractivity contribution < 1.29 is 0 Å². The van der Waals surface area contributed by atoms with E-state index in [2.05, 4.69) is 89.5 Å². The van der Waals surface area contributed by atoms with Crippen LogP contribution in [0.1, 0.15) is 11.1 Å². The second kappa shape index (κ2) is 7.71. The molecule has 0 bridgehead atoms. The number of aryl methyl sites for hydroxylation is 1. The number of para-hydroxylation sites is 1. The zero-order valence-corrected chi connectivity index (χ0v) is 15.3. The number of benzene rings is 2. The molecule has 4 rings (SSSR count). The van der Waals surface area contributed by atoms with Crippen molar-refractivity contribution in [1.82, 2.24) is 9.88 Å². The lowest BCUT2D eigenvalue weighted by atomic mass is 10.1. The van der Waals surface area contributed by atoms with E-state index in [1.165, 1.54) is 16.5 Å². The minimum absolute atomic E-state index is 1.01. The summed E-state index contributed by atoms with van der Waals surface area (Å²) >= 11 is 0. The summed E-state index contributed by atoms with van der Waals surface area (Å²) in [5.74, 6) is 1.11. The Morgan fingerprint density at radius 3 is 2.46 bits per heavy atom. The highest BCUT2D eigenvalue weighted by atomic mass is 15.3. The Morgan fingerprint density at radius 1 is 0.923 bits per heavy atom. The van der Waals surface area contributed by atoms with E-state index < -0.39 is 0 Å². The number of rotatable bonds is 4. The van der Waals surface area contributed by atoms with Crippen molar-refractivity contribution in [2.75, 3.05) is 37.6 Å². The highest BCUT2D eigenvalue weighted by Gasteiger charge is 2.17. The van der Waals surface area contributed by atoms with E-state index in [4.69, 9.17) is 4.98 Å². The number of piperazine rings is 1. The first-order valence-corrected chi connectivity index (χ1v) is 9.35. The fourth-order valence-corrected chi connectivity index (χ4v) is 3.56. The topological polar surface area (TPSA) is 19.4 Å². The molecule has 1 saturated heterocycles. The van der Waals surface area contributed by atoms with Gasteiger partial charge in [-0.05, 0) is 30.2 Å². The van der Waals surface area contributed by atoms with Crippen molar-refractivity contribution in [3.05, 3.63) is 77.9 Å². The van der Waals surface area contributed by atoms with Gasteiger partial charge in [0.25, 0.3) is 0 Å². The van der Waals surface area contributed by atoms with Crippen LogP contribution in [0.4, 0.5) is 5.82 Å². The first-order valence-electron chi connectivity index (χ1n) is 9.35. The van der Waals surface area contributed by atoms with Gasteiger partial charge in [0.15, 0.2) is 0 Å². The van der Waals surface area contributed by atoms with Crippen LogP contribution in [0.2, 0.25) is 0 Å². The Bertz CT molecular complexity index is 894. The Balaban J connectivity index is 1.37. The van der Waals surface area contributed by atoms with Gasteiger partial charge in [0.2, 0.25) is 0 Å². The molecule has 0 radical (unpaired) electrons. The fourth-order valence-electron chi connectivity index (χ4n) is 3.56. The molecular formula is C23H25N3. The molecule has 1 fully saturated rings. The van der Waals surface area contributed by atoms with Gasteiger partial charge in [-0.3, -0.25) is 4.90 Å². The highest BCUT2D eigenvalue weighted by Crippen LogP contribution is 2.23. The predicted molar refractivity (Wildman–Crippen MR) is 111 cm³/mol. The van der Waals surface area contributed by atoms with Crippen LogP contribution in [0.15, 0.2) is 66.7 Å². The molecule has 1 aliphatic rings. The van der Waals surface area contributed by atoms with Crippen LogP contribution in [-0.2, 0) is 0 Å². The van der Waals surface area contributed by atoms with Gasteiger partial charge in [0.05, 0.1) is 5.52 Å². The van der Waals surface area contributed by atoms with Crippen LogP contribution in [0.3, 0.4) is 0 Å². The lowest BCUT2D eigenvalue weighted by molar-refractivity contribution is 0.284. The maximum absolute atomic E-state index is 4.88. The van der Waals surface area contributed by atoms with Crippen molar-refractivity contribution >= 4 is 22.8 Å². The van der Waals surface area contributed by atoms with Crippen LogP contribution < -0.4 is 4.90 Å². The molecule has 2 aromatic carbocycles. The normalized spacial score (nSPS) is 15.8. The van der Waals surface area contributed by atoms with Crippen LogP contribution in [0.25, 0.3) is 17.0 Å². The summed E-state index contributed by atoms with van der Waals surface area (Å²) in [6.45, 7) is 7.40. The molecule has 3 aromatic rings. The summed E-state index contributed by atoms with van der Waals surface area (Å²) in [7, 11) is 0. The molecule has 0 saturated carbocycles. The number of fused-ring (bicyclic) bond motifs is 1. The summed E-state index contributed by atoms with van der Waals surface area (Å²) < 4.78 is 0. The molecule has 0 aliphatic carbocycles. The van der Waals surface area contributed by atoms with E-state index in [0.717, 1.165) is 44.1 Å². The second-order valence-electron chi connectivity index (χ2n) is 6.92. The number of pyridine rings is 1. The Kier molecular flexibility index (Phi) is 4.98. The van der Waals surface area contributed by atoms with E-state index in [9.17, 15) is 0 Å². The van der Waals surface area contributed by atoms with Crippen molar-refractivity contribution in [3.63, 3.8) is 0 Å². The lowest BCUT2D eigenvalue weighted by Gasteiger charge is -2.35. The molecule has 0 spiro atoms. The molecule has 0 atom stereocenters. The van der Waals surface area contributed by atoms with E-state index in [1.807, 2.05) is 0 Å². The maximum Gasteiger partial charge on any atom is 0.129 e. The molecule has 0 N–H and O–H groups in total. The molecule has 0 amide bonds. The molecule has 0 unspecified atom stereocenters. The van der Waals surface area contributed by atoms with E-state index >= 15 is 0 Å². The van der Waals surface area contributed by atoms with Gasteiger partial charge >= 0.3 is 0 Å². The number of nitrogens with zero attached hydrogens (tertiary/aromatic N) is 3. The molecule has 132 valence electrons. The van der Waals surface area contributed by atoms with E-state index in [1.54, 1.807) is 0 Å². The van der Waals surface area contributed by atoms with Gasteiger partial charge in [0, 0.05) is 38.1 Å². The zero-order chi connectivity index (χ0) is 17.8. The quantitative estimate of drug-likeness (QED) is 0.701. The van der Waals surface area contributed by atoms with Crippen LogP contribution in [0.5, 0.6) is 0 Å². The van der Waals surface area contributed by atoms with Crippen molar-refractivity contribution in [3.8, 4) is 0 Å². The smallest absolute Gasteiger partial charge is 0.129 e. The first kappa shape index (κ1) is 16.8. The van der Waals surface area contributed by atoms with E-state index in [0.29, 0.717) is 0 Å². The molecule has 1 aromatic heterocycles. The monoisotopic (exact) mass is 343 g/mol. The molecule has 2 heterocycles. The molecular weight excluding hydrogens is 318 g/mol. The third kappa shape index (κ3) is 3.78. The van der Waals surface area contributed by atoms with Gasteiger partial charge in [-0.1, -0.05) is 60.7 Å². The number of hydrogen-bond acceptors (Lipinski definition) is 3. The van der Waals surface area contributed by atoms with Gasteiger partial charge in [-0.2, -0.15) is 0 Å². The van der Waals surface area contributed by atoms with Gasteiger partial charge in [-0.15, -0.1) is 0 Å². The summed E-state index contributed by atoms with van der Waals surface area (Å²) in [5, 5.41) is 1.25. The van der Waals surface area contributed by atoms with Gasteiger partial charge in [-0.25, -0.2) is 4.98 Å². The van der Waals surface area contributed by atoms with Gasteiger partial charge in [0.1, 0.15) is 5.82 Å². The predicted octanol–water partition coefficient (Wildman–Crippen LogP) is 4.38. The minimum atomic E-state index is 1.01. The Hall–Kier alpha value is -2.65. The highest BCUT2D eigenvalue weighted by molar-refractivity contribution is 5.83. The third-order valence-electron chi connectivity index (χ3n) is 5.08. The molecule has 3 heteroatoms. The second-order valence-corrected chi connectivity index (χ2v) is 6.92. The van der Waals surface area contributed by atoms with Crippen LogP contribution in [0, 0.1) is 6.92 Å². The lowest BCUT2D eigenvalue weighted by Crippen LogP contribution is -2.46. The number of anilines is 1. The number of aromatic nitrogens is 1. The molecule has 1 aliphatic heterocycles. The Morgan fingerprint density at radius 2 is 1.65 bits per heavy atom. The van der Waals surface area contributed by atoms with Crippen LogP contribution >= 0.6 is 0 Å². The molecule has 26 heavy (non-hydrogen) atoms.